The molecule has 0 bridgehead atoms. The third kappa shape index (κ3) is 7.40. The number of terminal acetylenes is 1. The summed E-state index contributed by atoms with van der Waals surface area (Å²) < 4.78 is 11.5. The number of allylic oxidation sites excluding steroid dienone is 2. The van der Waals surface area contributed by atoms with Crippen LogP contribution >= 0.6 is 0 Å². The molecule has 0 amide bonds. The number of hydrogen-bond donors (Lipinski definition) is 0. The van der Waals surface area contributed by atoms with Crippen molar-refractivity contribution in [3.05, 3.63) is 11.6 Å². The monoisotopic (exact) mass is 264 g/mol. The van der Waals surface area contributed by atoms with E-state index < -0.39 is 0 Å². The molecule has 1 saturated heterocycles. The van der Waals surface area contributed by atoms with Crippen LogP contribution in [-0.2, 0) is 9.47 Å². The average molecular weight is 264 g/mol. The van der Waals surface area contributed by atoms with E-state index in [4.69, 9.17) is 15.9 Å². The molecule has 0 aromatic carbocycles. The van der Waals surface area contributed by atoms with E-state index >= 15 is 0 Å². The number of rotatable bonds is 7. The molecular formula is C17H28O2. The summed E-state index contributed by atoms with van der Waals surface area (Å²) in [4.78, 5) is 0. The van der Waals surface area contributed by atoms with Gasteiger partial charge in [0.25, 0.3) is 0 Å². The lowest BCUT2D eigenvalue weighted by Crippen LogP contribution is -2.28. The zero-order valence-electron chi connectivity index (χ0n) is 12.7. The summed E-state index contributed by atoms with van der Waals surface area (Å²) in [5.41, 5.74) is 1.53. The summed E-state index contributed by atoms with van der Waals surface area (Å²) in [6.45, 7) is 8.22. The molecule has 19 heavy (non-hydrogen) atoms. The quantitative estimate of drug-likeness (QED) is 0.504. The van der Waals surface area contributed by atoms with Gasteiger partial charge in [0.05, 0.1) is 6.61 Å². The van der Waals surface area contributed by atoms with Crippen LogP contribution in [-0.4, -0.2) is 19.5 Å². The van der Waals surface area contributed by atoms with Gasteiger partial charge >= 0.3 is 0 Å². The van der Waals surface area contributed by atoms with Gasteiger partial charge in [-0.1, -0.05) is 25.5 Å². The van der Waals surface area contributed by atoms with Crippen molar-refractivity contribution in [3.63, 3.8) is 0 Å². The second-order valence-corrected chi connectivity index (χ2v) is 6.23. The van der Waals surface area contributed by atoms with Crippen LogP contribution in [0.1, 0.15) is 59.3 Å². The van der Waals surface area contributed by atoms with Crippen LogP contribution in [0.25, 0.3) is 0 Å². The van der Waals surface area contributed by atoms with Crippen LogP contribution in [0, 0.1) is 17.8 Å². The third-order valence-electron chi connectivity index (χ3n) is 3.46. The predicted octanol–water partition coefficient (Wildman–Crippen LogP) is 4.31. The Labute approximate surface area is 118 Å². The van der Waals surface area contributed by atoms with Crippen molar-refractivity contribution in [2.45, 2.75) is 65.6 Å². The maximum atomic E-state index is 5.88. The fourth-order valence-electron chi connectivity index (χ4n) is 2.04. The van der Waals surface area contributed by atoms with Crippen LogP contribution in [0.15, 0.2) is 11.6 Å². The van der Waals surface area contributed by atoms with Gasteiger partial charge in [0.2, 0.25) is 0 Å². The standard InChI is InChI=1S/C17H28O2/c1-5-6-9-15(2)11-12-17(3,4)14-19-16-10-7-8-13-18-16/h1,11,16H,6-10,12-14H2,2-4H3/b15-11-. The van der Waals surface area contributed by atoms with Crippen molar-refractivity contribution in [1.29, 1.82) is 0 Å². The molecule has 0 aliphatic carbocycles. The highest BCUT2D eigenvalue weighted by molar-refractivity contribution is 5.02. The van der Waals surface area contributed by atoms with Crippen molar-refractivity contribution in [2.24, 2.45) is 5.41 Å². The maximum Gasteiger partial charge on any atom is 0.157 e. The average Bonchev–Trinajstić information content (AvgIpc) is 2.42. The lowest BCUT2D eigenvalue weighted by molar-refractivity contribution is -0.175. The van der Waals surface area contributed by atoms with Crippen LogP contribution in [0.5, 0.6) is 0 Å². The Morgan fingerprint density at radius 2 is 2.26 bits per heavy atom. The third-order valence-corrected chi connectivity index (χ3v) is 3.46. The maximum absolute atomic E-state index is 5.88. The van der Waals surface area contributed by atoms with Gasteiger partial charge in [-0.2, -0.15) is 0 Å². The second kappa shape index (κ2) is 8.40. The molecule has 0 spiro atoms. The SMILES string of the molecule is C#CCC/C(C)=C\CC(C)(C)COC1CCCCO1. The van der Waals surface area contributed by atoms with E-state index in [1.807, 2.05) is 0 Å². The van der Waals surface area contributed by atoms with Crippen LogP contribution < -0.4 is 0 Å². The molecule has 108 valence electrons. The minimum Gasteiger partial charge on any atom is -0.353 e. The first-order valence-electron chi connectivity index (χ1n) is 7.36. The minimum absolute atomic E-state index is 0.0135. The Morgan fingerprint density at radius 1 is 1.47 bits per heavy atom. The fourth-order valence-corrected chi connectivity index (χ4v) is 2.04. The molecule has 2 nitrogen and oxygen atoms in total. The Morgan fingerprint density at radius 3 is 2.89 bits per heavy atom. The van der Waals surface area contributed by atoms with Gasteiger partial charge < -0.3 is 9.47 Å². The first kappa shape index (κ1) is 16.3. The van der Waals surface area contributed by atoms with Crippen molar-refractivity contribution in [1.82, 2.24) is 0 Å². The lowest BCUT2D eigenvalue weighted by atomic mass is 9.89. The summed E-state index contributed by atoms with van der Waals surface area (Å²) in [7, 11) is 0. The van der Waals surface area contributed by atoms with E-state index in [9.17, 15) is 0 Å². The summed E-state index contributed by atoms with van der Waals surface area (Å²) in [6.07, 6.45) is 13.9. The second-order valence-electron chi connectivity index (χ2n) is 6.23. The normalized spacial score (nSPS) is 21.2. The van der Waals surface area contributed by atoms with Gasteiger partial charge in [-0.3, -0.25) is 0 Å². The predicted molar refractivity (Wildman–Crippen MR) is 79.8 cm³/mol. The molecule has 0 N–H and O–H groups in total. The molecule has 2 heteroatoms. The van der Waals surface area contributed by atoms with E-state index in [0.717, 1.165) is 38.9 Å². The largest absolute Gasteiger partial charge is 0.353 e. The molecule has 1 rings (SSSR count). The molecule has 1 aliphatic rings. The highest BCUT2D eigenvalue weighted by Crippen LogP contribution is 2.25. The van der Waals surface area contributed by atoms with E-state index in [-0.39, 0.29) is 11.7 Å². The first-order valence-corrected chi connectivity index (χ1v) is 7.36. The van der Waals surface area contributed by atoms with Crippen LogP contribution in [0.4, 0.5) is 0 Å². The summed E-state index contributed by atoms with van der Waals surface area (Å²) in [5.74, 6) is 2.68. The van der Waals surface area contributed by atoms with Gasteiger partial charge in [-0.25, -0.2) is 0 Å². The highest BCUT2D eigenvalue weighted by atomic mass is 16.7. The van der Waals surface area contributed by atoms with E-state index in [2.05, 4.69) is 32.8 Å². The fraction of sp³-hybridized carbons (Fsp3) is 0.765. The Hall–Kier alpha value is -0.780. The summed E-state index contributed by atoms with van der Waals surface area (Å²) in [6, 6.07) is 0. The minimum atomic E-state index is 0.0135. The van der Waals surface area contributed by atoms with E-state index in [0.29, 0.717) is 0 Å². The molecule has 1 aliphatic heterocycles. The van der Waals surface area contributed by atoms with Crippen LogP contribution in [0.3, 0.4) is 0 Å². The smallest absolute Gasteiger partial charge is 0.157 e. The van der Waals surface area contributed by atoms with Gasteiger partial charge in [-0.15, -0.1) is 12.3 Å². The van der Waals surface area contributed by atoms with Gasteiger partial charge in [0.15, 0.2) is 6.29 Å². The highest BCUT2D eigenvalue weighted by Gasteiger charge is 2.21. The summed E-state index contributed by atoms with van der Waals surface area (Å²) in [5, 5.41) is 0. The zero-order valence-corrected chi connectivity index (χ0v) is 12.7. The molecule has 1 atom stereocenters. The first-order chi connectivity index (χ1) is 9.03. The van der Waals surface area contributed by atoms with Crippen molar-refractivity contribution in [3.8, 4) is 12.3 Å². The topological polar surface area (TPSA) is 18.5 Å². The zero-order chi connectivity index (χ0) is 14.1. The molecular weight excluding hydrogens is 236 g/mol. The van der Waals surface area contributed by atoms with E-state index in [1.54, 1.807) is 0 Å². The van der Waals surface area contributed by atoms with E-state index in [1.165, 1.54) is 18.4 Å². The van der Waals surface area contributed by atoms with Gasteiger partial charge in [-0.05, 0) is 44.4 Å². The molecule has 1 unspecified atom stereocenters. The van der Waals surface area contributed by atoms with Crippen molar-refractivity contribution >= 4 is 0 Å². The Bertz CT molecular complexity index is 317. The molecule has 0 saturated carbocycles. The van der Waals surface area contributed by atoms with Crippen LogP contribution in [0.2, 0.25) is 0 Å². The molecule has 1 fully saturated rings. The molecule has 0 aromatic heterocycles. The summed E-state index contributed by atoms with van der Waals surface area (Å²) >= 11 is 0. The number of ether oxygens (including phenoxy) is 2. The molecule has 1 heterocycles. The van der Waals surface area contributed by atoms with Crippen molar-refractivity contribution < 1.29 is 9.47 Å². The van der Waals surface area contributed by atoms with Gasteiger partial charge in [0, 0.05) is 13.0 Å². The Kier molecular flexibility index (Phi) is 7.20. The molecule has 0 aromatic rings. The lowest BCUT2D eigenvalue weighted by Gasteiger charge is -2.29. The van der Waals surface area contributed by atoms with Crippen molar-refractivity contribution in [2.75, 3.05) is 13.2 Å². The van der Waals surface area contributed by atoms with Gasteiger partial charge in [0.1, 0.15) is 0 Å². The number of hydrogen-bond acceptors (Lipinski definition) is 2. The Balaban J connectivity index is 2.28. The molecule has 0 radical (unpaired) electrons.